The Kier molecular flexibility index (Phi) is 10.2. The number of amides is 2. The van der Waals surface area contributed by atoms with Crippen molar-refractivity contribution >= 4 is 40.0 Å². The van der Waals surface area contributed by atoms with Crippen LogP contribution in [0.25, 0.3) is 33.3 Å². The van der Waals surface area contributed by atoms with E-state index in [4.69, 9.17) is 26.4 Å². The zero-order valence-corrected chi connectivity index (χ0v) is 31.9. The molecule has 0 saturated carbocycles. The average Bonchev–Trinajstić information content (AvgIpc) is 3.90. The number of nitrogens with zero attached hydrogens (tertiary/aromatic N) is 5. The second-order valence-electron chi connectivity index (χ2n) is 14.3. The Morgan fingerprint density at radius 3 is 2.50 bits per heavy atom. The maximum atomic E-state index is 13.2. The Labute approximate surface area is 318 Å². The number of pyridine rings is 2. The molecular formula is C40H45ClN8O5. The SMILES string of the molecule is COc1nc(-c2cccc(-c3cccc(Nc4nc(C)cc5c4c(=O)n(C)c(=O)n5C)c3C)c2Cl)cc2c1CCC2.O=C1NC2(CCNC2)CN1CCO. The highest BCUT2D eigenvalue weighted by Gasteiger charge is 2.43. The van der Waals surface area contributed by atoms with Gasteiger partial charge in [0.05, 0.1) is 35.5 Å². The van der Waals surface area contributed by atoms with Gasteiger partial charge in [-0.2, -0.15) is 0 Å². The molecule has 1 aliphatic carbocycles. The zero-order chi connectivity index (χ0) is 38.3. The lowest BCUT2D eigenvalue weighted by atomic mass is 9.96. The highest BCUT2D eigenvalue weighted by atomic mass is 35.5. The second kappa shape index (κ2) is 14.9. The fraction of sp³-hybridized carbons (Fsp3) is 0.375. The maximum absolute atomic E-state index is 13.2. The summed E-state index contributed by atoms with van der Waals surface area (Å²) in [6.45, 7) is 6.85. The van der Waals surface area contributed by atoms with Crippen LogP contribution in [-0.4, -0.2) is 80.6 Å². The number of aromatic nitrogens is 4. The molecule has 13 nitrogen and oxygen atoms in total. The molecule has 2 amide bonds. The number of aryl methyl sites for hydroxylation is 3. The van der Waals surface area contributed by atoms with Crippen LogP contribution < -0.4 is 31.9 Å². The standard InChI is InChI=1S/C32H30ClN5O3.C8H15N3O2/c1-17-15-26-27(31(39)38(4)32(40)37(26)3)29(34-17)35-24-14-8-10-20(18(24)2)22-12-7-13-23(28(22)33)25-16-19-9-6-11-21(19)30(36-25)41-5;12-4-3-11-6-8(10-7(11)13)1-2-9-5-8/h7-8,10,12-16H,6,9,11H2,1-5H3,(H,34,35);9,12H,1-6H2,(H,10,13). The summed E-state index contributed by atoms with van der Waals surface area (Å²) in [5.41, 5.74) is 7.94. The largest absolute Gasteiger partial charge is 0.481 e. The molecule has 2 saturated heterocycles. The first-order valence-electron chi connectivity index (χ1n) is 18.1. The molecule has 4 N–H and O–H groups in total. The monoisotopic (exact) mass is 752 g/mol. The molecule has 0 bridgehead atoms. The van der Waals surface area contributed by atoms with E-state index < -0.39 is 5.56 Å². The molecule has 5 aromatic rings. The molecular weight excluding hydrogens is 708 g/mol. The van der Waals surface area contributed by atoms with Gasteiger partial charge in [0.2, 0.25) is 5.88 Å². The predicted octanol–water partition coefficient (Wildman–Crippen LogP) is 4.61. The number of nitrogens with one attached hydrogen (secondary N) is 3. The van der Waals surface area contributed by atoms with Gasteiger partial charge in [0.25, 0.3) is 5.56 Å². The highest BCUT2D eigenvalue weighted by molar-refractivity contribution is 6.36. The molecule has 3 aromatic heterocycles. The third kappa shape index (κ3) is 6.71. The summed E-state index contributed by atoms with van der Waals surface area (Å²) in [7, 11) is 4.78. The number of urea groups is 1. The fourth-order valence-electron chi connectivity index (χ4n) is 7.85. The van der Waals surface area contributed by atoms with Gasteiger partial charge in [0, 0.05) is 61.8 Å². The van der Waals surface area contributed by atoms with E-state index in [9.17, 15) is 14.4 Å². The van der Waals surface area contributed by atoms with Crippen molar-refractivity contribution in [1.29, 1.82) is 0 Å². The van der Waals surface area contributed by atoms with Crippen molar-refractivity contribution in [2.24, 2.45) is 14.1 Å². The van der Waals surface area contributed by atoms with Gasteiger partial charge in [-0.05, 0) is 81.0 Å². The smallest absolute Gasteiger partial charge is 0.330 e. The van der Waals surface area contributed by atoms with Crippen LogP contribution in [0.4, 0.5) is 16.3 Å². The van der Waals surface area contributed by atoms with E-state index in [2.05, 4.69) is 27.0 Å². The van der Waals surface area contributed by atoms with Crippen molar-refractivity contribution in [3.63, 3.8) is 0 Å². The summed E-state index contributed by atoms with van der Waals surface area (Å²) in [4.78, 5) is 48.2. The zero-order valence-electron chi connectivity index (χ0n) is 31.2. The summed E-state index contributed by atoms with van der Waals surface area (Å²) >= 11 is 7.09. The van der Waals surface area contributed by atoms with Crippen molar-refractivity contribution in [1.82, 2.24) is 34.6 Å². The Morgan fingerprint density at radius 2 is 1.76 bits per heavy atom. The van der Waals surface area contributed by atoms with Gasteiger partial charge < -0.3 is 30.7 Å². The lowest BCUT2D eigenvalue weighted by Crippen LogP contribution is -2.45. The molecule has 8 rings (SSSR count). The first-order valence-corrected chi connectivity index (χ1v) is 18.5. The van der Waals surface area contributed by atoms with Crippen LogP contribution in [0.15, 0.2) is 58.1 Å². The summed E-state index contributed by atoms with van der Waals surface area (Å²) in [5, 5.41) is 19.3. The Bertz CT molecular complexity index is 2400. The van der Waals surface area contributed by atoms with Gasteiger partial charge in [-0.3, -0.25) is 13.9 Å². The van der Waals surface area contributed by atoms with Crippen molar-refractivity contribution in [2.75, 3.05) is 45.2 Å². The number of hydrogen-bond donors (Lipinski definition) is 4. The number of anilines is 2. The van der Waals surface area contributed by atoms with Gasteiger partial charge >= 0.3 is 11.7 Å². The van der Waals surface area contributed by atoms with Crippen LogP contribution >= 0.6 is 11.6 Å². The molecule has 1 unspecified atom stereocenters. The molecule has 2 aromatic carbocycles. The van der Waals surface area contributed by atoms with Crippen LogP contribution in [0.5, 0.6) is 5.88 Å². The van der Waals surface area contributed by atoms with Crippen LogP contribution in [0, 0.1) is 13.8 Å². The quantitative estimate of drug-likeness (QED) is 0.187. The number of β-amino-alcohol motifs (C(OH)–C–C–N with tert-alkyl or cyclic N) is 1. The summed E-state index contributed by atoms with van der Waals surface area (Å²) < 4.78 is 8.19. The van der Waals surface area contributed by atoms with Crippen molar-refractivity contribution < 1.29 is 14.6 Å². The molecule has 3 aliphatic rings. The predicted molar refractivity (Wildman–Crippen MR) is 211 cm³/mol. The van der Waals surface area contributed by atoms with Gasteiger partial charge in [-0.25, -0.2) is 19.6 Å². The van der Waals surface area contributed by atoms with Gasteiger partial charge in [-0.15, -0.1) is 0 Å². The third-order valence-electron chi connectivity index (χ3n) is 10.7. The number of rotatable bonds is 7. The van der Waals surface area contributed by atoms with E-state index in [1.807, 2.05) is 50.2 Å². The van der Waals surface area contributed by atoms with Gasteiger partial charge in [0.1, 0.15) is 11.2 Å². The molecule has 14 heteroatoms. The van der Waals surface area contributed by atoms with Crippen molar-refractivity contribution in [3.05, 3.63) is 96.8 Å². The molecule has 54 heavy (non-hydrogen) atoms. The fourth-order valence-corrected chi connectivity index (χ4v) is 8.18. The van der Waals surface area contributed by atoms with Crippen LogP contribution in [-0.2, 0) is 26.9 Å². The number of carbonyl (C=O) groups excluding carboxylic acids is 1. The first-order chi connectivity index (χ1) is 25.9. The van der Waals surface area contributed by atoms with E-state index in [1.54, 1.807) is 25.1 Å². The molecule has 5 heterocycles. The van der Waals surface area contributed by atoms with Crippen LogP contribution in [0.1, 0.15) is 35.2 Å². The number of carbonyl (C=O) groups is 1. The van der Waals surface area contributed by atoms with Crippen LogP contribution in [0.2, 0.25) is 5.02 Å². The van der Waals surface area contributed by atoms with E-state index >= 15 is 0 Å². The van der Waals surface area contributed by atoms with Gasteiger partial charge in [-0.1, -0.05) is 41.9 Å². The van der Waals surface area contributed by atoms with E-state index in [0.29, 0.717) is 39.9 Å². The molecule has 1 spiro atoms. The van der Waals surface area contributed by atoms with Crippen molar-refractivity contribution in [3.8, 4) is 28.3 Å². The molecule has 282 valence electrons. The maximum Gasteiger partial charge on any atom is 0.330 e. The van der Waals surface area contributed by atoms with E-state index in [-0.39, 0.29) is 23.9 Å². The van der Waals surface area contributed by atoms with Gasteiger partial charge in [0.15, 0.2) is 0 Å². The Hall–Kier alpha value is -5.24. The second-order valence-corrected chi connectivity index (χ2v) is 14.7. The highest BCUT2D eigenvalue weighted by Crippen LogP contribution is 2.41. The lowest BCUT2D eigenvalue weighted by molar-refractivity contribution is 0.195. The summed E-state index contributed by atoms with van der Waals surface area (Å²) in [6.07, 6.45) is 4.06. The number of hydrogen-bond acceptors (Lipinski definition) is 9. The number of benzene rings is 2. The molecule has 0 radical (unpaired) electrons. The number of fused-ring (bicyclic) bond motifs is 2. The summed E-state index contributed by atoms with van der Waals surface area (Å²) in [5.74, 6) is 1.06. The number of ether oxygens (including phenoxy) is 1. The first kappa shape index (κ1) is 37.1. The summed E-state index contributed by atoms with van der Waals surface area (Å²) in [6, 6.07) is 15.7. The average molecular weight is 753 g/mol. The third-order valence-corrected chi connectivity index (χ3v) is 11.2. The molecule has 2 aliphatic heterocycles. The van der Waals surface area contributed by atoms with E-state index in [0.717, 1.165) is 83.5 Å². The van der Waals surface area contributed by atoms with Crippen molar-refractivity contribution in [2.45, 2.75) is 45.1 Å². The Balaban J connectivity index is 0.000000291. The minimum atomic E-state index is -0.403. The molecule has 2 fully saturated rings. The normalized spacial score (nSPS) is 17.5. The topological polar surface area (TPSA) is 156 Å². The molecule has 1 atom stereocenters. The number of halogens is 1. The van der Waals surface area contributed by atoms with Crippen LogP contribution in [0.3, 0.4) is 0 Å². The lowest BCUT2D eigenvalue weighted by Gasteiger charge is -2.20. The Morgan fingerprint density at radius 1 is 1.00 bits per heavy atom. The van der Waals surface area contributed by atoms with E-state index in [1.165, 1.54) is 22.7 Å². The number of methoxy groups -OCH3 is 1. The minimum absolute atomic E-state index is 0.0386. The number of aliphatic hydroxyl groups excluding tert-OH is 1. The minimum Gasteiger partial charge on any atom is -0.481 e. The number of aliphatic hydroxyl groups is 1.